The van der Waals surface area contributed by atoms with Crippen molar-refractivity contribution in [2.24, 2.45) is 5.92 Å². The quantitative estimate of drug-likeness (QED) is 0.274. The van der Waals surface area contributed by atoms with Crippen LogP contribution in [0.2, 0.25) is 0 Å². The van der Waals surface area contributed by atoms with E-state index >= 15 is 0 Å². The summed E-state index contributed by atoms with van der Waals surface area (Å²) in [5.41, 5.74) is 0. The third-order valence-electron chi connectivity index (χ3n) is 5.02. The third-order valence-corrected chi connectivity index (χ3v) is 5.02. The molecule has 0 aromatic heterocycles. The largest absolute Gasteiger partial charge is 0.481 e. The van der Waals surface area contributed by atoms with Crippen molar-refractivity contribution >= 4 is 5.97 Å². The Balaban J connectivity index is 3.35. The van der Waals surface area contributed by atoms with Gasteiger partial charge in [-0.15, -0.1) is 0 Å². The van der Waals surface area contributed by atoms with E-state index in [1.165, 1.54) is 77.0 Å². The van der Waals surface area contributed by atoms with Gasteiger partial charge in [0.25, 0.3) is 0 Å². The summed E-state index contributed by atoms with van der Waals surface area (Å²) < 4.78 is 0. The lowest BCUT2D eigenvalue weighted by molar-refractivity contribution is -0.143. The minimum atomic E-state index is -0.909. The van der Waals surface area contributed by atoms with E-state index < -0.39 is 18.0 Å². The predicted molar refractivity (Wildman–Crippen MR) is 104 cm³/mol. The van der Waals surface area contributed by atoms with Crippen LogP contribution < -0.4 is 0 Å². The number of unbranched alkanes of at least 4 members (excludes halogenated alkanes) is 13. The van der Waals surface area contributed by atoms with Crippen LogP contribution >= 0.6 is 0 Å². The molecule has 0 spiro atoms. The second-order valence-corrected chi connectivity index (χ2v) is 7.49. The van der Waals surface area contributed by atoms with Gasteiger partial charge in [-0.2, -0.15) is 0 Å². The molecule has 0 aliphatic heterocycles. The molecule has 0 fully saturated rings. The number of hydrogen-bond donors (Lipinski definition) is 3. The van der Waals surface area contributed by atoms with E-state index in [0.717, 1.165) is 12.8 Å². The molecule has 4 heteroatoms. The van der Waals surface area contributed by atoms with E-state index in [0.29, 0.717) is 6.42 Å². The summed E-state index contributed by atoms with van der Waals surface area (Å²) in [4.78, 5) is 11.1. The highest BCUT2D eigenvalue weighted by atomic mass is 16.4. The van der Waals surface area contributed by atoms with Gasteiger partial charge in [0.15, 0.2) is 0 Å². The number of rotatable bonds is 19. The van der Waals surface area contributed by atoms with Crippen LogP contribution in [0.5, 0.6) is 0 Å². The van der Waals surface area contributed by atoms with Crippen molar-refractivity contribution in [1.82, 2.24) is 0 Å². The minimum Gasteiger partial charge on any atom is -0.481 e. The standard InChI is InChI=1S/C21H42O4/c1-2-3-4-5-6-7-8-9-10-11-12-13-14-15-16-19(21(24)25)17-20(23)18-22/h19-20,22-23H,2-18H2,1H3,(H,24,25)/t19-,20+/m1/s1. The molecule has 0 amide bonds. The maximum atomic E-state index is 11.1. The van der Waals surface area contributed by atoms with Crippen molar-refractivity contribution in [1.29, 1.82) is 0 Å². The van der Waals surface area contributed by atoms with Gasteiger partial charge in [0, 0.05) is 0 Å². The molecule has 0 unspecified atom stereocenters. The molecule has 0 aromatic carbocycles. The maximum Gasteiger partial charge on any atom is 0.306 e. The van der Waals surface area contributed by atoms with Crippen molar-refractivity contribution in [3.8, 4) is 0 Å². The van der Waals surface area contributed by atoms with Crippen LogP contribution in [0.25, 0.3) is 0 Å². The van der Waals surface area contributed by atoms with Crippen molar-refractivity contribution in [3.63, 3.8) is 0 Å². The average molecular weight is 359 g/mol. The zero-order valence-electron chi connectivity index (χ0n) is 16.4. The Bertz CT molecular complexity index is 294. The van der Waals surface area contributed by atoms with Crippen LogP contribution in [0.4, 0.5) is 0 Å². The van der Waals surface area contributed by atoms with Gasteiger partial charge in [-0.05, 0) is 12.8 Å². The van der Waals surface area contributed by atoms with Gasteiger partial charge in [0.1, 0.15) is 0 Å². The SMILES string of the molecule is CCCCCCCCCCCCCCCC[C@H](C[C@H](O)CO)C(=O)O. The average Bonchev–Trinajstić information content (AvgIpc) is 2.60. The number of carbonyl (C=O) groups is 1. The second-order valence-electron chi connectivity index (χ2n) is 7.49. The molecular formula is C21H42O4. The first-order valence-corrected chi connectivity index (χ1v) is 10.6. The fourth-order valence-electron chi connectivity index (χ4n) is 3.33. The van der Waals surface area contributed by atoms with E-state index in [9.17, 15) is 9.90 Å². The van der Waals surface area contributed by atoms with Gasteiger partial charge < -0.3 is 15.3 Å². The first-order valence-electron chi connectivity index (χ1n) is 10.6. The predicted octanol–water partition coefficient (Wildman–Crippen LogP) is 5.30. The number of hydrogen-bond acceptors (Lipinski definition) is 3. The van der Waals surface area contributed by atoms with Crippen LogP contribution in [0, 0.1) is 5.92 Å². The molecule has 25 heavy (non-hydrogen) atoms. The highest BCUT2D eigenvalue weighted by molar-refractivity contribution is 5.69. The third kappa shape index (κ3) is 16.6. The Morgan fingerprint density at radius 1 is 0.760 bits per heavy atom. The summed E-state index contributed by atoms with van der Waals surface area (Å²) in [6, 6.07) is 0. The topological polar surface area (TPSA) is 77.8 Å². The summed E-state index contributed by atoms with van der Waals surface area (Å²) in [5, 5.41) is 27.3. The fraction of sp³-hybridized carbons (Fsp3) is 0.952. The van der Waals surface area contributed by atoms with Gasteiger partial charge >= 0.3 is 5.97 Å². The van der Waals surface area contributed by atoms with Gasteiger partial charge in [-0.25, -0.2) is 0 Å². The minimum absolute atomic E-state index is 0.157. The molecule has 0 rings (SSSR count). The molecule has 0 heterocycles. The van der Waals surface area contributed by atoms with Gasteiger partial charge in [-0.1, -0.05) is 96.8 Å². The number of aliphatic hydroxyl groups is 2. The molecule has 0 bridgehead atoms. The van der Waals surface area contributed by atoms with Crippen LogP contribution in [-0.2, 0) is 4.79 Å². The van der Waals surface area contributed by atoms with E-state index in [4.69, 9.17) is 10.2 Å². The number of carboxylic acid groups (broad SMARTS) is 1. The zero-order valence-corrected chi connectivity index (χ0v) is 16.4. The summed E-state index contributed by atoms with van der Waals surface area (Å²) in [6.45, 7) is 1.90. The van der Waals surface area contributed by atoms with E-state index in [2.05, 4.69) is 6.92 Å². The molecule has 4 nitrogen and oxygen atoms in total. The summed E-state index contributed by atoms with van der Waals surface area (Å²) in [5.74, 6) is -1.39. The van der Waals surface area contributed by atoms with E-state index in [1.54, 1.807) is 0 Å². The van der Waals surface area contributed by atoms with Crippen molar-refractivity contribution in [3.05, 3.63) is 0 Å². The number of aliphatic carboxylic acids is 1. The molecule has 0 aliphatic carbocycles. The molecule has 0 saturated carbocycles. The summed E-state index contributed by atoms with van der Waals surface area (Å²) >= 11 is 0. The van der Waals surface area contributed by atoms with Crippen molar-refractivity contribution in [2.75, 3.05) is 6.61 Å². The Kier molecular flexibility index (Phi) is 17.7. The first kappa shape index (κ1) is 24.4. The molecular weight excluding hydrogens is 316 g/mol. The molecule has 0 aliphatic rings. The zero-order chi connectivity index (χ0) is 18.8. The molecule has 0 radical (unpaired) electrons. The Labute approximate surface area is 155 Å². The van der Waals surface area contributed by atoms with Gasteiger partial charge in [-0.3, -0.25) is 4.79 Å². The van der Waals surface area contributed by atoms with Crippen LogP contribution in [0.1, 0.15) is 110 Å². The Morgan fingerprint density at radius 2 is 1.16 bits per heavy atom. The summed E-state index contributed by atoms with van der Waals surface area (Å²) in [7, 11) is 0. The number of aliphatic hydroxyl groups excluding tert-OH is 2. The lowest BCUT2D eigenvalue weighted by atomic mass is 9.94. The molecule has 2 atom stereocenters. The summed E-state index contributed by atoms with van der Waals surface area (Å²) in [6.07, 6.45) is 17.9. The van der Waals surface area contributed by atoms with Crippen LogP contribution in [0.3, 0.4) is 0 Å². The van der Waals surface area contributed by atoms with E-state index in [1.807, 2.05) is 0 Å². The highest BCUT2D eigenvalue weighted by Crippen LogP contribution is 2.18. The van der Waals surface area contributed by atoms with Gasteiger partial charge in [0.05, 0.1) is 18.6 Å². The van der Waals surface area contributed by atoms with E-state index in [-0.39, 0.29) is 13.0 Å². The second kappa shape index (κ2) is 18.2. The van der Waals surface area contributed by atoms with Crippen LogP contribution in [0.15, 0.2) is 0 Å². The number of carboxylic acids is 1. The maximum absolute atomic E-state index is 11.1. The molecule has 3 N–H and O–H groups in total. The van der Waals surface area contributed by atoms with Crippen molar-refractivity contribution in [2.45, 2.75) is 116 Å². The fourth-order valence-corrected chi connectivity index (χ4v) is 3.33. The monoisotopic (exact) mass is 358 g/mol. The molecule has 0 aromatic rings. The van der Waals surface area contributed by atoms with Gasteiger partial charge in [0.2, 0.25) is 0 Å². The normalized spacial score (nSPS) is 13.7. The molecule has 150 valence electrons. The van der Waals surface area contributed by atoms with Crippen molar-refractivity contribution < 1.29 is 20.1 Å². The smallest absolute Gasteiger partial charge is 0.306 e. The molecule has 0 saturated heterocycles. The lowest BCUT2D eigenvalue weighted by Crippen LogP contribution is -2.23. The van der Waals surface area contributed by atoms with Crippen LogP contribution in [-0.4, -0.2) is 34.0 Å². The first-order chi connectivity index (χ1) is 12.1. The Morgan fingerprint density at radius 3 is 1.52 bits per heavy atom. The Hall–Kier alpha value is -0.610. The lowest BCUT2D eigenvalue weighted by Gasteiger charge is -2.15. The highest BCUT2D eigenvalue weighted by Gasteiger charge is 2.20.